The second-order valence-corrected chi connectivity index (χ2v) is 12.1. The molecule has 4 aromatic heterocycles. The lowest BCUT2D eigenvalue weighted by Crippen LogP contribution is -2.28. The predicted octanol–water partition coefficient (Wildman–Crippen LogP) is 8.52. The van der Waals surface area contributed by atoms with Crippen LogP contribution in [0.5, 0.6) is 5.75 Å². The van der Waals surface area contributed by atoms with Crippen molar-refractivity contribution in [1.29, 1.82) is 0 Å². The number of fused-ring (bicyclic) bond motifs is 12. The normalized spacial score (nSPS) is 13.6. The van der Waals surface area contributed by atoms with Crippen LogP contribution in [-0.4, -0.2) is 22.7 Å². The van der Waals surface area contributed by atoms with Crippen molar-refractivity contribution in [1.82, 2.24) is 8.80 Å². The summed E-state index contributed by atoms with van der Waals surface area (Å²) in [5, 5.41) is 7.22. The molecule has 0 N–H and O–H groups in total. The number of hydrogen-bond acceptors (Lipinski definition) is 3. The van der Waals surface area contributed by atoms with E-state index in [0.29, 0.717) is 16.3 Å². The molecular formula is C32H17F3N2O3S. The van der Waals surface area contributed by atoms with E-state index in [0.717, 1.165) is 49.1 Å². The molecule has 200 valence electrons. The summed E-state index contributed by atoms with van der Waals surface area (Å²) in [6.45, 7) is 2.12. The molecule has 41 heavy (non-hydrogen) atoms. The molecule has 0 aliphatic rings. The van der Waals surface area contributed by atoms with Gasteiger partial charge in [-0.3, -0.25) is 0 Å². The molecule has 0 unspecified atom stereocenters. The molecule has 0 aliphatic heterocycles. The first kappa shape index (κ1) is 23.0. The minimum Gasteiger partial charge on any atom is -0.375 e. The van der Waals surface area contributed by atoms with Crippen molar-refractivity contribution in [2.24, 2.45) is 0 Å². The lowest BCUT2D eigenvalue weighted by molar-refractivity contribution is -0.0499. The van der Waals surface area contributed by atoms with Crippen LogP contribution in [0, 0.1) is 6.92 Å². The molecule has 0 amide bonds. The highest BCUT2D eigenvalue weighted by Crippen LogP contribution is 2.47. The zero-order chi connectivity index (χ0) is 28.0. The van der Waals surface area contributed by atoms with E-state index in [1.54, 1.807) is 18.2 Å². The fourth-order valence-electron chi connectivity index (χ4n) is 6.88. The smallest absolute Gasteiger partial charge is 0.375 e. The lowest BCUT2D eigenvalue weighted by Gasteiger charge is -2.10. The van der Waals surface area contributed by atoms with Gasteiger partial charge in [0.05, 0.1) is 38.5 Å². The summed E-state index contributed by atoms with van der Waals surface area (Å²) in [6, 6.07) is 27.1. The van der Waals surface area contributed by atoms with Crippen molar-refractivity contribution in [2.45, 2.75) is 12.4 Å². The molecule has 0 aliphatic carbocycles. The SMILES string of the molecule is Cc1ccc2c3cc4c(cc3n3c5ccccc5c1c23)c1ccc(OS(=O)(=O)C(F)(F)F)c2c3ccccc3n4c12. The number of aromatic nitrogens is 2. The maximum absolute atomic E-state index is 13.3. The van der Waals surface area contributed by atoms with Gasteiger partial charge in [0.15, 0.2) is 5.75 Å². The number of hydrogen-bond donors (Lipinski definition) is 0. The Bertz CT molecular complexity index is 2680. The fraction of sp³-hybridized carbons (Fsp3) is 0.0625. The van der Waals surface area contributed by atoms with Gasteiger partial charge in [-0.2, -0.15) is 21.6 Å². The van der Waals surface area contributed by atoms with E-state index in [4.69, 9.17) is 4.18 Å². The van der Waals surface area contributed by atoms with Crippen molar-refractivity contribution < 1.29 is 25.8 Å². The fourth-order valence-corrected chi connectivity index (χ4v) is 7.35. The first-order valence-electron chi connectivity index (χ1n) is 12.9. The van der Waals surface area contributed by atoms with E-state index in [1.165, 1.54) is 22.4 Å². The highest BCUT2D eigenvalue weighted by atomic mass is 32.2. The molecule has 5 aromatic carbocycles. The van der Waals surface area contributed by atoms with Crippen LogP contribution in [0.1, 0.15) is 5.56 Å². The van der Waals surface area contributed by atoms with Crippen molar-refractivity contribution in [3.05, 3.63) is 90.5 Å². The van der Waals surface area contributed by atoms with Crippen molar-refractivity contribution in [3.63, 3.8) is 0 Å². The van der Waals surface area contributed by atoms with Gasteiger partial charge in [-0.25, -0.2) is 0 Å². The van der Waals surface area contributed by atoms with E-state index < -0.39 is 15.6 Å². The van der Waals surface area contributed by atoms with Crippen molar-refractivity contribution in [2.75, 3.05) is 0 Å². The molecule has 5 nitrogen and oxygen atoms in total. The third kappa shape index (κ3) is 2.65. The van der Waals surface area contributed by atoms with Crippen LogP contribution in [0.2, 0.25) is 0 Å². The zero-order valence-corrected chi connectivity index (χ0v) is 22.1. The van der Waals surface area contributed by atoms with Gasteiger partial charge in [-0.1, -0.05) is 48.5 Å². The second-order valence-electron chi connectivity index (χ2n) is 10.6. The van der Waals surface area contributed by atoms with Gasteiger partial charge in [-0.15, -0.1) is 0 Å². The Balaban J connectivity index is 1.48. The summed E-state index contributed by atoms with van der Waals surface area (Å²) >= 11 is 0. The van der Waals surface area contributed by atoms with Crippen LogP contribution < -0.4 is 4.18 Å². The van der Waals surface area contributed by atoms with E-state index >= 15 is 0 Å². The zero-order valence-electron chi connectivity index (χ0n) is 21.2. The standard InChI is InChI=1S/C32H17F3N2O3S/c1-16-10-11-17-21-14-26-22(15-25(21)36-23-8-4-2-6-19(23)28(16)30(17)36)18-12-13-27(40-41(38,39)32(33,34)35)29-20-7-3-5-9-24(20)37(26)31(18)29/h2-15H,1H3. The molecule has 9 rings (SSSR count). The molecule has 0 spiro atoms. The average molecular weight is 567 g/mol. The molecule has 4 heterocycles. The summed E-state index contributed by atoms with van der Waals surface area (Å²) in [6.07, 6.45) is 0. The molecule has 0 fully saturated rings. The number of benzene rings is 5. The van der Waals surface area contributed by atoms with Gasteiger partial charge < -0.3 is 13.0 Å². The van der Waals surface area contributed by atoms with Gasteiger partial charge in [0.1, 0.15) is 0 Å². The van der Waals surface area contributed by atoms with E-state index in [1.807, 2.05) is 28.7 Å². The Labute approximate surface area is 229 Å². The molecule has 0 radical (unpaired) electrons. The minimum absolute atomic E-state index is 0.326. The maximum Gasteiger partial charge on any atom is 0.534 e. The number of halogens is 3. The van der Waals surface area contributed by atoms with Gasteiger partial charge in [0, 0.05) is 37.7 Å². The summed E-state index contributed by atoms with van der Waals surface area (Å²) in [5.41, 5.74) is 1.19. The van der Waals surface area contributed by atoms with Crippen LogP contribution in [0.15, 0.2) is 84.9 Å². The Morgan fingerprint density at radius 1 is 0.610 bits per heavy atom. The molecule has 0 atom stereocenters. The molecule has 9 heteroatoms. The Hall–Kier alpha value is -4.76. The molecule has 9 aromatic rings. The lowest BCUT2D eigenvalue weighted by atomic mass is 10.0. The first-order valence-corrected chi connectivity index (χ1v) is 14.4. The third-order valence-corrected chi connectivity index (χ3v) is 9.43. The van der Waals surface area contributed by atoms with Crippen LogP contribution in [0.25, 0.3) is 76.2 Å². The summed E-state index contributed by atoms with van der Waals surface area (Å²) in [4.78, 5) is 0. The van der Waals surface area contributed by atoms with Crippen LogP contribution in [0.4, 0.5) is 13.2 Å². The quantitative estimate of drug-likeness (QED) is 0.156. The van der Waals surface area contributed by atoms with Crippen LogP contribution in [-0.2, 0) is 10.1 Å². The Kier molecular flexibility index (Phi) is 3.99. The molecule has 0 saturated heterocycles. The minimum atomic E-state index is -5.86. The van der Waals surface area contributed by atoms with Gasteiger partial charge in [-0.05, 0) is 48.9 Å². The number of rotatable bonds is 2. The molecule has 0 bridgehead atoms. The highest BCUT2D eigenvalue weighted by Gasteiger charge is 2.49. The van der Waals surface area contributed by atoms with E-state index in [-0.39, 0.29) is 5.75 Å². The monoisotopic (exact) mass is 566 g/mol. The molecule has 0 saturated carbocycles. The van der Waals surface area contributed by atoms with Crippen LogP contribution >= 0.6 is 0 Å². The average Bonchev–Trinajstić information content (AvgIpc) is 3.65. The third-order valence-electron chi connectivity index (χ3n) is 8.46. The van der Waals surface area contributed by atoms with E-state index in [9.17, 15) is 21.6 Å². The predicted molar refractivity (Wildman–Crippen MR) is 156 cm³/mol. The second kappa shape index (κ2) is 7.11. The summed E-state index contributed by atoms with van der Waals surface area (Å²) in [5.74, 6) is -0.352. The molecular weight excluding hydrogens is 549 g/mol. The number of alkyl halides is 3. The summed E-state index contributed by atoms with van der Waals surface area (Å²) in [7, 11) is -5.86. The van der Waals surface area contributed by atoms with Crippen LogP contribution in [0.3, 0.4) is 0 Å². The van der Waals surface area contributed by atoms with Gasteiger partial charge in [0.2, 0.25) is 0 Å². The Morgan fingerprint density at radius 2 is 1.12 bits per heavy atom. The van der Waals surface area contributed by atoms with Gasteiger partial charge >= 0.3 is 15.6 Å². The number of nitrogens with zero attached hydrogens (tertiary/aromatic N) is 2. The summed E-state index contributed by atoms with van der Waals surface area (Å²) < 4.78 is 72.9. The Morgan fingerprint density at radius 3 is 1.71 bits per heavy atom. The first-order chi connectivity index (χ1) is 19.7. The van der Waals surface area contributed by atoms with Crippen molar-refractivity contribution >= 4 is 86.3 Å². The number of para-hydroxylation sites is 2. The number of aryl methyl sites for hydroxylation is 1. The van der Waals surface area contributed by atoms with Gasteiger partial charge in [0.25, 0.3) is 0 Å². The maximum atomic E-state index is 13.3. The highest BCUT2D eigenvalue weighted by molar-refractivity contribution is 7.88. The van der Waals surface area contributed by atoms with E-state index in [2.05, 4.69) is 47.7 Å². The largest absolute Gasteiger partial charge is 0.534 e. The topological polar surface area (TPSA) is 52.2 Å². The van der Waals surface area contributed by atoms with Crippen molar-refractivity contribution in [3.8, 4) is 5.75 Å².